The first-order valence-corrected chi connectivity index (χ1v) is 9.85. The summed E-state index contributed by atoms with van der Waals surface area (Å²) in [6.45, 7) is 2.18. The molecule has 1 rings (SSSR count). The molecule has 1 unspecified atom stereocenters. The van der Waals surface area contributed by atoms with Crippen LogP contribution in [0.2, 0.25) is 0 Å². The number of aliphatic hydroxyl groups is 3. The fraction of sp³-hybridized carbons (Fsp3) is 0.714. The van der Waals surface area contributed by atoms with Crippen molar-refractivity contribution in [2.24, 2.45) is 5.92 Å². The van der Waals surface area contributed by atoms with E-state index in [-0.39, 0.29) is 5.82 Å². The second-order valence-corrected chi connectivity index (χ2v) is 7.17. The number of unbranched alkanes of at least 4 members (excludes halogenated alkanes) is 7. The van der Waals surface area contributed by atoms with Crippen LogP contribution in [-0.4, -0.2) is 21.3 Å². The largest absolute Gasteiger partial charge is 0.343 e. The number of hydrogen-bond acceptors (Lipinski definition) is 3. The second kappa shape index (κ2) is 12.4. The van der Waals surface area contributed by atoms with Crippen LogP contribution in [0.1, 0.15) is 83.1 Å². The molecule has 3 nitrogen and oxygen atoms in total. The Balaban J connectivity index is 2.20. The van der Waals surface area contributed by atoms with E-state index in [1.165, 1.54) is 31.7 Å². The first kappa shape index (κ1) is 22.1. The van der Waals surface area contributed by atoms with Gasteiger partial charge >= 0.3 is 0 Å². The van der Waals surface area contributed by atoms with Crippen molar-refractivity contribution in [2.75, 3.05) is 0 Å². The molecule has 0 saturated carbocycles. The maximum Gasteiger partial charge on any atom is 0.278 e. The van der Waals surface area contributed by atoms with Gasteiger partial charge in [0.2, 0.25) is 0 Å². The molecule has 0 aliphatic rings. The van der Waals surface area contributed by atoms with Gasteiger partial charge in [0.15, 0.2) is 0 Å². The summed E-state index contributed by atoms with van der Waals surface area (Å²) < 4.78 is 13.1. The summed E-state index contributed by atoms with van der Waals surface area (Å²) in [5.41, 5.74) is 0.990. The molecule has 4 heteroatoms. The standard InChI is InChI=1S/C21H35FO3/c1-2-3-4-5-6-9-14-19(21(23,24)25)15-10-7-8-12-18-13-11-16-20(22)17-18/h11,13,16-17,19,23-25H,2-10,12,14-15H2,1H3. The van der Waals surface area contributed by atoms with E-state index in [1.54, 1.807) is 12.1 Å². The number of benzene rings is 1. The SMILES string of the molecule is CCCCCCCCC(CCCCCc1cccc(F)c1)C(O)(O)O. The maximum atomic E-state index is 13.1. The Morgan fingerprint density at radius 1 is 0.880 bits per heavy atom. The third-order valence-electron chi connectivity index (χ3n) is 4.86. The van der Waals surface area contributed by atoms with Gasteiger partial charge in [0.05, 0.1) is 0 Å². The van der Waals surface area contributed by atoms with Gasteiger partial charge in [0, 0.05) is 5.92 Å². The Labute approximate surface area is 151 Å². The number of hydrogen-bond donors (Lipinski definition) is 3. The average Bonchev–Trinajstić information content (AvgIpc) is 2.54. The van der Waals surface area contributed by atoms with Gasteiger partial charge in [-0.25, -0.2) is 4.39 Å². The lowest BCUT2D eigenvalue weighted by Gasteiger charge is -2.26. The van der Waals surface area contributed by atoms with Crippen LogP contribution in [-0.2, 0) is 6.42 Å². The highest BCUT2D eigenvalue weighted by atomic mass is 19.1. The van der Waals surface area contributed by atoms with Gasteiger partial charge in [-0.05, 0) is 43.4 Å². The summed E-state index contributed by atoms with van der Waals surface area (Å²) in [5, 5.41) is 28.7. The van der Waals surface area contributed by atoms with Crippen LogP contribution in [0.5, 0.6) is 0 Å². The van der Waals surface area contributed by atoms with Gasteiger partial charge in [0.25, 0.3) is 5.97 Å². The normalized spacial score (nSPS) is 13.2. The molecule has 0 saturated heterocycles. The van der Waals surface area contributed by atoms with Gasteiger partial charge in [-0.2, -0.15) is 0 Å². The zero-order valence-electron chi connectivity index (χ0n) is 15.6. The lowest BCUT2D eigenvalue weighted by molar-refractivity contribution is -0.344. The molecule has 0 heterocycles. The number of rotatable bonds is 14. The summed E-state index contributed by atoms with van der Waals surface area (Å²) in [6.07, 6.45) is 11.6. The zero-order chi connectivity index (χ0) is 18.5. The monoisotopic (exact) mass is 354 g/mol. The summed E-state index contributed by atoms with van der Waals surface area (Å²) >= 11 is 0. The van der Waals surface area contributed by atoms with Crippen molar-refractivity contribution < 1.29 is 19.7 Å². The molecule has 0 fully saturated rings. The molecule has 0 aliphatic carbocycles. The third kappa shape index (κ3) is 10.6. The van der Waals surface area contributed by atoms with Crippen LogP contribution >= 0.6 is 0 Å². The smallest absolute Gasteiger partial charge is 0.278 e. The predicted molar refractivity (Wildman–Crippen MR) is 99.4 cm³/mol. The Bertz CT molecular complexity index is 457. The first-order chi connectivity index (χ1) is 11.9. The topological polar surface area (TPSA) is 60.7 Å². The van der Waals surface area contributed by atoms with Crippen LogP contribution in [0.25, 0.3) is 0 Å². The summed E-state index contributed by atoms with van der Waals surface area (Å²) in [7, 11) is 0. The van der Waals surface area contributed by atoms with E-state index in [2.05, 4.69) is 6.92 Å². The molecule has 1 atom stereocenters. The molecule has 0 aliphatic heterocycles. The average molecular weight is 355 g/mol. The summed E-state index contributed by atoms with van der Waals surface area (Å²) in [4.78, 5) is 0. The molecule has 1 aromatic rings. The van der Waals surface area contributed by atoms with Crippen LogP contribution < -0.4 is 0 Å². The van der Waals surface area contributed by atoms with Crippen molar-refractivity contribution in [1.82, 2.24) is 0 Å². The molecule has 0 bridgehead atoms. The molecule has 0 spiro atoms. The molecule has 0 radical (unpaired) electrons. The summed E-state index contributed by atoms with van der Waals surface area (Å²) in [5.74, 6) is -3.28. The minimum atomic E-state index is -2.58. The van der Waals surface area contributed by atoms with Gasteiger partial charge < -0.3 is 15.3 Å². The lowest BCUT2D eigenvalue weighted by atomic mass is 9.92. The molecular formula is C21H35FO3. The quantitative estimate of drug-likeness (QED) is 0.328. The van der Waals surface area contributed by atoms with Gasteiger partial charge in [-0.1, -0.05) is 70.4 Å². The van der Waals surface area contributed by atoms with Crippen LogP contribution in [0, 0.1) is 11.7 Å². The molecule has 144 valence electrons. The highest BCUT2D eigenvalue weighted by Crippen LogP contribution is 2.26. The van der Waals surface area contributed by atoms with Crippen molar-refractivity contribution >= 4 is 0 Å². The highest BCUT2D eigenvalue weighted by molar-refractivity contribution is 5.16. The zero-order valence-corrected chi connectivity index (χ0v) is 15.6. The van der Waals surface area contributed by atoms with E-state index < -0.39 is 11.9 Å². The van der Waals surface area contributed by atoms with Crippen LogP contribution in [0.4, 0.5) is 4.39 Å². The fourth-order valence-corrected chi connectivity index (χ4v) is 3.29. The minimum absolute atomic E-state index is 0.206. The van der Waals surface area contributed by atoms with E-state index in [1.807, 2.05) is 6.07 Å². The van der Waals surface area contributed by atoms with Crippen LogP contribution in [0.3, 0.4) is 0 Å². The summed E-state index contributed by atoms with van der Waals surface area (Å²) in [6, 6.07) is 6.64. The first-order valence-electron chi connectivity index (χ1n) is 9.85. The Kier molecular flexibility index (Phi) is 10.9. The second-order valence-electron chi connectivity index (χ2n) is 7.17. The molecule has 0 aromatic heterocycles. The van der Waals surface area contributed by atoms with Crippen molar-refractivity contribution in [3.05, 3.63) is 35.6 Å². The predicted octanol–water partition coefficient (Wildman–Crippen LogP) is 4.93. The van der Waals surface area contributed by atoms with Crippen molar-refractivity contribution in [2.45, 2.75) is 89.9 Å². The molecule has 0 amide bonds. The van der Waals surface area contributed by atoms with E-state index in [9.17, 15) is 19.7 Å². The van der Waals surface area contributed by atoms with Crippen molar-refractivity contribution in [3.8, 4) is 0 Å². The van der Waals surface area contributed by atoms with E-state index in [0.29, 0.717) is 12.8 Å². The van der Waals surface area contributed by atoms with Gasteiger partial charge in [0.1, 0.15) is 5.82 Å². The van der Waals surface area contributed by atoms with E-state index in [0.717, 1.165) is 44.1 Å². The van der Waals surface area contributed by atoms with E-state index >= 15 is 0 Å². The van der Waals surface area contributed by atoms with Crippen LogP contribution in [0.15, 0.2) is 24.3 Å². The minimum Gasteiger partial charge on any atom is -0.343 e. The molecule has 25 heavy (non-hydrogen) atoms. The van der Waals surface area contributed by atoms with Crippen molar-refractivity contribution in [1.29, 1.82) is 0 Å². The third-order valence-corrected chi connectivity index (χ3v) is 4.86. The molecular weight excluding hydrogens is 319 g/mol. The van der Waals surface area contributed by atoms with Crippen molar-refractivity contribution in [3.63, 3.8) is 0 Å². The van der Waals surface area contributed by atoms with Gasteiger partial charge in [-0.15, -0.1) is 0 Å². The Hall–Kier alpha value is -0.970. The fourth-order valence-electron chi connectivity index (χ4n) is 3.29. The maximum absolute atomic E-state index is 13.1. The lowest BCUT2D eigenvalue weighted by Crippen LogP contribution is -2.37. The number of aryl methyl sites for hydroxylation is 1. The Morgan fingerprint density at radius 2 is 1.48 bits per heavy atom. The Morgan fingerprint density at radius 3 is 2.08 bits per heavy atom. The highest BCUT2D eigenvalue weighted by Gasteiger charge is 2.30. The molecule has 3 N–H and O–H groups in total. The van der Waals surface area contributed by atoms with E-state index in [4.69, 9.17) is 0 Å². The number of halogens is 1. The van der Waals surface area contributed by atoms with Gasteiger partial charge in [-0.3, -0.25) is 0 Å². The molecule has 1 aromatic carbocycles.